The molecule has 158 valence electrons. The van der Waals surface area contributed by atoms with Crippen LogP contribution in [0.3, 0.4) is 0 Å². The minimum Gasteiger partial charge on any atom is -0.432 e. The molecule has 3 aromatic heterocycles. The predicted molar refractivity (Wildman–Crippen MR) is 120 cm³/mol. The summed E-state index contributed by atoms with van der Waals surface area (Å²) in [5, 5.41) is 3.62. The number of oxazole rings is 1. The maximum absolute atomic E-state index is 5.60. The third kappa shape index (κ3) is 3.11. The Morgan fingerprint density at radius 3 is 2.68 bits per heavy atom. The molecule has 1 aromatic carbocycles. The first-order valence-corrected chi connectivity index (χ1v) is 11.0. The van der Waals surface area contributed by atoms with Gasteiger partial charge in [-0.25, -0.2) is 9.97 Å². The van der Waals surface area contributed by atoms with E-state index in [0.717, 1.165) is 35.5 Å². The number of benzene rings is 1. The molecule has 5 heterocycles. The summed E-state index contributed by atoms with van der Waals surface area (Å²) >= 11 is 0. The SMILES string of the molecule is Cc1ccccc1-c1nc2occn2c1-c1ccnc(N[C@H]2C[C@H]3CC[C@@H](C2)N3C)n1. The molecular formula is C24H26N6O. The van der Waals surface area contributed by atoms with Crippen LogP contribution < -0.4 is 5.32 Å². The van der Waals surface area contributed by atoms with Gasteiger partial charge in [0.2, 0.25) is 5.95 Å². The lowest BCUT2D eigenvalue weighted by Gasteiger charge is -2.36. The molecule has 0 amide bonds. The first kappa shape index (κ1) is 18.6. The average molecular weight is 415 g/mol. The normalized spacial score (nSPS) is 23.5. The topological polar surface area (TPSA) is 71.5 Å². The van der Waals surface area contributed by atoms with Crippen molar-refractivity contribution in [3.8, 4) is 22.6 Å². The van der Waals surface area contributed by atoms with Crippen molar-refractivity contribution in [2.24, 2.45) is 0 Å². The smallest absolute Gasteiger partial charge is 0.306 e. The number of aromatic nitrogens is 4. The van der Waals surface area contributed by atoms with Crippen molar-refractivity contribution in [2.75, 3.05) is 12.4 Å². The van der Waals surface area contributed by atoms with Crippen LogP contribution >= 0.6 is 0 Å². The Morgan fingerprint density at radius 1 is 1.06 bits per heavy atom. The molecule has 0 spiro atoms. The molecule has 6 rings (SSSR count). The van der Waals surface area contributed by atoms with Gasteiger partial charge in [-0.15, -0.1) is 0 Å². The monoisotopic (exact) mass is 414 g/mol. The summed E-state index contributed by atoms with van der Waals surface area (Å²) in [7, 11) is 2.26. The second kappa shape index (κ2) is 7.20. The molecule has 0 aliphatic carbocycles. The van der Waals surface area contributed by atoms with E-state index in [1.807, 2.05) is 35.0 Å². The van der Waals surface area contributed by atoms with E-state index in [1.54, 1.807) is 6.26 Å². The van der Waals surface area contributed by atoms with Crippen LogP contribution in [0.2, 0.25) is 0 Å². The lowest BCUT2D eigenvalue weighted by atomic mass is 9.98. The molecule has 1 N–H and O–H groups in total. The Hall–Kier alpha value is -3.19. The summed E-state index contributed by atoms with van der Waals surface area (Å²) in [6.45, 7) is 2.10. The van der Waals surface area contributed by atoms with Crippen LogP contribution in [0.1, 0.15) is 31.2 Å². The van der Waals surface area contributed by atoms with Crippen LogP contribution in [-0.4, -0.2) is 49.4 Å². The number of piperidine rings is 1. The number of fused-ring (bicyclic) bond motifs is 3. The van der Waals surface area contributed by atoms with Crippen molar-refractivity contribution in [3.63, 3.8) is 0 Å². The fourth-order valence-electron chi connectivity index (χ4n) is 5.33. The zero-order valence-corrected chi connectivity index (χ0v) is 17.8. The van der Waals surface area contributed by atoms with Gasteiger partial charge in [-0.3, -0.25) is 4.40 Å². The van der Waals surface area contributed by atoms with E-state index >= 15 is 0 Å². The Labute approximate surface area is 181 Å². The van der Waals surface area contributed by atoms with Crippen LogP contribution in [0.25, 0.3) is 28.5 Å². The van der Waals surface area contributed by atoms with Crippen LogP contribution in [-0.2, 0) is 0 Å². The van der Waals surface area contributed by atoms with Crippen LogP contribution in [0.15, 0.2) is 53.4 Å². The highest BCUT2D eigenvalue weighted by Crippen LogP contribution is 2.36. The van der Waals surface area contributed by atoms with Gasteiger partial charge in [0.25, 0.3) is 0 Å². The van der Waals surface area contributed by atoms with Gasteiger partial charge in [0.15, 0.2) is 0 Å². The number of nitrogens with zero attached hydrogens (tertiary/aromatic N) is 5. The molecule has 7 nitrogen and oxygen atoms in total. The Kier molecular flexibility index (Phi) is 4.31. The second-order valence-electron chi connectivity index (χ2n) is 8.81. The van der Waals surface area contributed by atoms with E-state index in [2.05, 4.69) is 41.3 Å². The summed E-state index contributed by atoms with van der Waals surface area (Å²) in [6, 6.07) is 12.0. The molecule has 3 atom stereocenters. The molecule has 7 heteroatoms. The molecule has 2 saturated heterocycles. The molecule has 2 bridgehead atoms. The Morgan fingerprint density at radius 2 is 1.87 bits per heavy atom. The molecule has 2 aliphatic rings. The van der Waals surface area contributed by atoms with Gasteiger partial charge in [0, 0.05) is 36.1 Å². The molecule has 0 unspecified atom stereocenters. The highest BCUT2D eigenvalue weighted by Gasteiger charge is 2.38. The number of hydrogen-bond acceptors (Lipinski definition) is 6. The van der Waals surface area contributed by atoms with Crippen molar-refractivity contribution >= 4 is 11.8 Å². The quantitative estimate of drug-likeness (QED) is 0.534. The van der Waals surface area contributed by atoms with Gasteiger partial charge in [0.05, 0.1) is 5.69 Å². The van der Waals surface area contributed by atoms with E-state index in [9.17, 15) is 0 Å². The van der Waals surface area contributed by atoms with Gasteiger partial charge in [0.1, 0.15) is 17.7 Å². The highest BCUT2D eigenvalue weighted by molar-refractivity contribution is 5.81. The van der Waals surface area contributed by atoms with E-state index in [4.69, 9.17) is 14.4 Å². The van der Waals surface area contributed by atoms with Crippen molar-refractivity contribution in [2.45, 2.75) is 50.7 Å². The van der Waals surface area contributed by atoms with Crippen molar-refractivity contribution < 1.29 is 4.42 Å². The van der Waals surface area contributed by atoms with Crippen LogP contribution in [0.5, 0.6) is 0 Å². The standard InChI is InChI=1S/C24H26N6O/c1-15-5-3-4-6-19(15)21-22(30-11-12-31-24(30)28-21)20-9-10-25-23(27-20)26-16-13-17-7-8-18(14-16)29(17)2/h3-6,9-12,16-18H,7-8,13-14H2,1-2H3,(H,25,26,27)/t16-,17+,18-. The van der Waals surface area contributed by atoms with Gasteiger partial charge in [-0.1, -0.05) is 24.3 Å². The van der Waals surface area contributed by atoms with E-state index in [1.165, 1.54) is 18.4 Å². The molecule has 0 radical (unpaired) electrons. The minimum atomic E-state index is 0.416. The van der Waals surface area contributed by atoms with Gasteiger partial charge in [-0.2, -0.15) is 4.98 Å². The lowest BCUT2D eigenvalue weighted by molar-refractivity contribution is 0.168. The van der Waals surface area contributed by atoms with Crippen molar-refractivity contribution in [1.82, 2.24) is 24.3 Å². The number of rotatable bonds is 4. The number of aryl methyl sites for hydroxylation is 1. The highest BCUT2D eigenvalue weighted by atomic mass is 16.3. The molecule has 0 saturated carbocycles. The fourth-order valence-corrected chi connectivity index (χ4v) is 5.33. The van der Waals surface area contributed by atoms with Crippen LogP contribution in [0, 0.1) is 6.92 Å². The van der Waals surface area contributed by atoms with E-state index in [0.29, 0.717) is 29.9 Å². The number of nitrogens with one attached hydrogen (secondary N) is 1. The number of hydrogen-bond donors (Lipinski definition) is 1. The Bertz CT molecular complexity index is 1230. The Balaban J connectivity index is 1.37. The average Bonchev–Trinajstić information content (AvgIpc) is 3.40. The number of imidazole rings is 1. The molecule has 2 aliphatic heterocycles. The molecule has 4 aromatic rings. The third-order valence-corrected chi connectivity index (χ3v) is 6.99. The van der Waals surface area contributed by atoms with Crippen LogP contribution in [0.4, 0.5) is 5.95 Å². The zero-order valence-electron chi connectivity index (χ0n) is 17.8. The van der Waals surface area contributed by atoms with Crippen molar-refractivity contribution in [1.29, 1.82) is 0 Å². The summed E-state index contributed by atoms with van der Waals surface area (Å²) in [5.41, 5.74) is 4.88. The fraction of sp³-hybridized carbons (Fsp3) is 0.375. The first-order valence-electron chi connectivity index (χ1n) is 11.0. The van der Waals surface area contributed by atoms with Gasteiger partial charge >= 0.3 is 5.84 Å². The maximum atomic E-state index is 5.60. The largest absolute Gasteiger partial charge is 0.432 e. The summed E-state index contributed by atoms with van der Waals surface area (Å²) < 4.78 is 7.56. The number of anilines is 1. The summed E-state index contributed by atoms with van der Waals surface area (Å²) in [6.07, 6.45) is 10.3. The van der Waals surface area contributed by atoms with Gasteiger partial charge < -0.3 is 14.6 Å². The van der Waals surface area contributed by atoms with Crippen molar-refractivity contribution in [3.05, 3.63) is 54.6 Å². The predicted octanol–water partition coefficient (Wildman–Crippen LogP) is 4.40. The second-order valence-corrected chi connectivity index (χ2v) is 8.81. The first-order chi connectivity index (χ1) is 15.2. The maximum Gasteiger partial charge on any atom is 0.306 e. The molecular weight excluding hydrogens is 388 g/mol. The summed E-state index contributed by atoms with van der Waals surface area (Å²) in [5.74, 6) is 1.24. The summed E-state index contributed by atoms with van der Waals surface area (Å²) in [4.78, 5) is 16.8. The van der Waals surface area contributed by atoms with E-state index in [-0.39, 0.29) is 0 Å². The molecule has 31 heavy (non-hydrogen) atoms. The van der Waals surface area contributed by atoms with E-state index < -0.39 is 0 Å². The lowest BCUT2D eigenvalue weighted by Crippen LogP contribution is -2.44. The zero-order chi connectivity index (χ0) is 20.9. The van der Waals surface area contributed by atoms with Gasteiger partial charge in [-0.05, 0) is 51.3 Å². The minimum absolute atomic E-state index is 0.416. The third-order valence-electron chi connectivity index (χ3n) is 6.99. The molecule has 2 fully saturated rings.